The Morgan fingerprint density at radius 1 is 1.29 bits per heavy atom. The van der Waals surface area contributed by atoms with E-state index in [0.29, 0.717) is 0 Å². The predicted octanol–water partition coefficient (Wildman–Crippen LogP) is 1.36. The summed E-state index contributed by atoms with van der Waals surface area (Å²) in [6.45, 7) is 4.88. The lowest BCUT2D eigenvalue weighted by atomic mass is 10.2. The van der Waals surface area contributed by atoms with Gasteiger partial charge in [0.2, 0.25) is 5.91 Å². The molecule has 2 rings (SSSR count). The maximum atomic E-state index is 11.7. The van der Waals surface area contributed by atoms with Crippen LogP contribution in [0.1, 0.15) is 6.92 Å². The summed E-state index contributed by atoms with van der Waals surface area (Å²) in [7, 11) is 0. The van der Waals surface area contributed by atoms with Gasteiger partial charge in [0.15, 0.2) is 0 Å². The Bertz CT molecular complexity index is 375. The van der Waals surface area contributed by atoms with Crippen LogP contribution in [0.3, 0.4) is 0 Å². The second-order valence-electron chi connectivity index (χ2n) is 4.13. The van der Waals surface area contributed by atoms with Crippen LogP contribution in [0, 0.1) is 0 Å². The van der Waals surface area contributed by atoms with E-state index in [4.69, 9.17) is 11.6 Å². The third-order valence-corrected chi connectivity index (χ3v) is 3.15. The van der Waals surface area contributed by atoms with Crippen LogP contribution >= 0.6 is 11.6 Å². The zero-order valence-corrected chi connectivity index (χ0v) is 10.6. The molecular formula is C12H16ClN3O. The highest BCUT2D eigenvalue weighted by Crippen LogP contribution is 2.15. The molecule has 0 saturated carbocycles. The van der Waals surface area contributed by atoms with Crippen LogP contribution in [-0.2, 0) is 4.79 Å². The molecule has 0 aromatic carbocycles. The highest BCUT2D eigenvalue weighted by atomic mass is 35.5. The van der Waals surface area contributed by atoms with E-state index in [0.717, 1.165) is 31.9 Å². The summed E-state index contributed by atoms with van der Waals surface area (Å²) in [5.74, 6) is 0.0287. The predicted molar refractivity (Wildman–Crippen MR) is 68.3 cm³/mol. The van der Waals surface area contributed by atoms with Gasteiger partial charge in [0.1, 0.15) is 5.38 Å². The van der Waals surface area contributed by atoms with E-state index in [1.807, 2.05) is 17.0 Å². The maximum absolute atomic E-state index is 11.7. The van der Waals surface area contributed by atoms with E-state index in [1.54, 1.807) is 19.3 Å². The summed E-state index contributed by atoms with van der Waals surface area (Å²) in [5.41, 5.74) is 1.16. The van der Waals surface area contributed by atoms with Gasteiger partial charge in [0.25, 0.3) is 0 Å². The minimum atomic E-state index is -0.428. The first-order valence-corrected chi connectivity index (χ1v) is 6.20. The van der Waals surface area contributed by atoms with E-state index in [-0.39, 0.29) is 5.91 Å². The molecule has 1 saturated heterocycles. The molecule has 1 aromatic heterocycles. The van der Waals surface area contributed by atoms with Gasteiger partial charge in [-0.3, -0.25) is 9.78 Å². The summed E-state index contributed by atoms with van der Waals surface area (Å²) in [4.78, 5) is 19.8. The van der Waals surface area contributed by atoms with Crippen molar-refractivity contribution >= 4 is 23.2 Å². The molecule has 0 N–H and O–H groups in total. The molecule has 2 heterocycles. The van der Waals surface area contributed by atoms with Crippen molar-refractivity contribution < 1.29 is 4.79 Å². The first-order chi connectivity index (χ1) is 8.18. The second-order valence-corrected chi connectivity index (χ2v) is 4.79. The van der Waals surface area contributed by atoms with Crippen molar-refractivity contribution in [1.82, 2.24) is 9.88 Å². The molecule has 1 aliphatic heterocycles. The number of carbonyl (C=O) groups excluding carboxylic acids is 1. The smallest absolute Gasteiger partial charge is 0.240 e. The van der Waals surface area contributed by atoms with Crippen LogP contribution in [0.4, 0.5) is 5.69 Å². The van der Waals surface area contributed by atoms with Crippen LogP contribution < -0.4 is 4.90 Å². The average Bonchev–Trinajstić information content (AvgIpc) is 2.39. The lowest BCUT2D eigenvalue weighted by Crippen LogP contribution is -2.50. The first-order valence-electron chi connectivity index (χ1n) is 5.76. The molecule has 0 bridgehead atoms. The van der Waals surface area contributed by atoms with E-state index < -0.39 is 5.38 Å². The van der Waals surface area contributed by atoms with Gasteiger partial charge in [-0.15, -0.1) is 11.6 Å². The molecule has 0 radical (unpaired) electrons. The lowest BCUT2D eigenvalue weighted by molar-refractivity contribution is -0.130. The zero-order chi connectivity index (χ0) is 12.3. The van der Waals surface area contributed by atoms with Gasteiger partial charge in [0.05, 0.1) is 0 Å². The Hall–Kier alpha value is -1.29. The summed E-state index contributed by atoms with van der Waals surface area (Å²) >= 11 is 5.80. The fourth-order valence-electron chi connectivity index (χ4n) is 1.99. The van der Waals surface area contributed by atoms with Gasteiger partial charge in [-0.25, -0.2) is 0 Å². The molecule has 1 aromatic rings. The molecule has 4 nitrogen and oxygen atoms in total. The van der Waals surface area contributed by atoms with Gasteiger partial charge in [-0.05, 0) is 19.1 Å². The Morgan fingerprint density at radius 3 is 2.41 bits per heavy atom. The number of piperazine rings is 1. The summed E-state index contributed by atoms with van der Waals surface area (Å²) in [6, 6.07) is 3.98. The fraction of sp³-hybridized carbons (Fsp3) is 0.500. The minimum Gasteiger partial charge on any atom is -0.368 e. The topological polar surface area (TPSA) is 36.4 Å². The quantitative estimate of drug-likeness (QED) is 0.747. The second kappa shape index (κ2) is 5.36. The first kappa shape index (κ1) is 12.2. The van der Waals surface area contributed by atoms with Crippen molar-refractivity contribution in [3.63, 3.8) is 0 Å². The van der Waals surface area contributed by atoms with Crippen molar-refractivity contribution in [3.8, 4) is 0 Å². The molecule has 1 atom stereocenters. The van der Waals surface area contributed by atoms with Gasteiger partial charge in [-0.1, -0.05) is 0 Å². The van der Waals surface area contributed by atoms with Crippen molar-refractivity contribution in [3.05, 3.63) is 24.5 Å². The normalized spacial score (nSPS) is 18.0. The molecule has 17 heavy (non-hydrogen) atoms. The number of pyridine rings is 1. The number of rotatable bonds is 2. The highest BCUT2D eigenvalue weighted by Gasteiger charge is 2.23. The molecule has 92 valence electrons. The van der Waals surface area contributed by atoms with E-state index in [2.05, 4.69) is 9.88 Å². The Morgan fingerprint density at radius 2 is 1.88 bits per heavy atom. The SMILES string of the molecule is C[C@@H](Cl)C(=O)N1CCN(c2ccncc2)CC1. The summed E-state index contributed by atoms with van der Waals surface area (Å²) in [5, 5.41) is -0.428. The van der Waals surface area contributed by atoms with Gasteiger partial charge < -0.3 is 9.80 Å². The van der Waals surface area contributed by atoms with Crippen LogP contribution in [0.2, 0.25) is 0 Å². The number of alkyl halides is 1. The van der Waals surface area contributed by atoms with Crippen molar-refractivity contribution in [1.29, 1.82) is 0 Å². The molecule has 1 fully saturated rings. The van der Waals surface area contributed by atoms with Crippen LogP contribution in [0.5, 0.6) is 0 Å². The molecule has 0 spiro atoms. The van der Waals surface area contributed by atoms with E-state index in [9.17, 15) is 4.79 Å². The Kier molecular flexibility index (Phi) is 3.84. The van der Waals surface area contributed by atoms with Crippen LogP contribution in [0.25, 0.3) is 0 Å². The zero-order valence-electron chi connectivity index (χ0n) is 9.84. The lowest BCUT2D eigenvalue weighted by Gasteiger charge is -2.36. The maximum Gasteiger partial charge on any atom is 0.240 e. The number of carbonyl (C=O) groups is 1. The number of nitrogens with zero attached hydrogens (tertiary/aromatic N) is 3. The van der Waals surface area contributed by atoms with Gasteiger partial charge in [-0.2, -0.15) is 0 Å². The molecule has 0 aliphatic carbocycles. The van der Waals surface area contributed by atoms with E-state index in [1.165, 1.54) is 0 Å². The molecular weight excluding hydrogens is 238 g/mol. The van der Waals surface area contributed by atoms with Gasteiger partial charge in [0, 0.05) is 44.3 Å². The number of amides is 1. The number of halogens is 1. The largest absolute Gasteiger partial charge is 0.368 e. The van der Waals surface area contributed by atoms with Crippen molar-refractivity contribution in [2.45, 2.75) is 12.3 Å². The van der Waals surface area contributed by atoms with Crippen LogP contribution in [0.15, 0.2) is 24.5 Å². The van der Waals surface area contributed by atoms with Crippen LogP contribution in [-0.4, -0.2) is 47.3 Å². The molecule has 0 unspecified atom stereocenters. The monoisotopic (exact) mass is 253 g/mol. The highest BCUT2D eigenvalue weighted by molar-refractivity contribution is 6.30. The average molecular weight is 254 g/mol. The third kappa shape index (κ3) is 2.88. The standard InChI is InChI=1S/C12H16ClN3O/c1-10(13)12(17)16-8-6-15(7-9-16)11-2-4-14-5-3-11/h2-5,10H,6-9H2,1H3/t10-/m1/s1. The minimum absolute atomic E-state index is 0.0287. The summed E-state index contributed by atoms with van der Waals surface area (Å²) in [6.07, 6.45) is 3.57. The number of aromatic nitrogens is 1. The number of hydrogen-bond donors (Lipinski definition) is 0. The van der Waals surface area contributed by atoms with E-state index >= 15 is 0 Å². The summed E-state index contributed by atoms with van der Waals surface area (Å²) < 4.78 is 0. The van der Waals surface area contributed by atoms with Crippen molar-refractivity contribution in [2.75, 3.05) is 31.1 Å². The molecule has 5 heteroatoms. The molecule has 1 aliphatic rings. The number of anilines is 1. The Labute approximate surface area is 106 Å². The third-order valence-electron chi connectivity index (χ3n) is 2.96. The van der Waals surface area contributed by atoms with Gasteiger partial charge >= 0.3 is 0 Å². The Balaban J connectivity index is 1.93. The van der Waals surface area contributed by atoms with Crippen molar-refractivity contribution in [2.24, 2.45) is 0 Å². The fourth-order valence-corrected chi connectivity index (χ4v) is 2.13. The number of hydrogen-bond acceptors (Lipinski definition) is 3. The molecule has 1 amide bonds.